The lowest BCUT2D eigenvalue weighted by Gasteiger charge is -2.45. The van der Waals surface area contributed by atoms with Crippen molar-refractivity contribution in [3.63, 3.8) is 0 Å². The van der Waals surface area contributed by atoms with Crippen LogP contribution in [-0.2, 0) is 54.7 Å². The number of carbonyl (C=O) groups is 5. The van der Waals surface area contributed by atoms with Crippen LogP contribution in [-0.4, -0.2) is 139 Å². The molecule has 10 aromatic carbocycles. The average Bonchev–Trinajstić information content (AvgIpc) is 1.57. The number of rotatable bonds is 15. The van der Waals surface area contributed by atoms with E-state index in [1.807, 2.05) is 0 Å². The second-order valence-electron chi connectivity index (χ2n) is 36.8. The number of amides is 5. The summed E-state index contributed by atoms with van der Waals surface area (Å²) >= 11 is 5.46. The molecule has 1 aliphatic carbocycles. The Bertz CT molecular complexity index is 6580. The van der Waals surface area contributed by atoms with Gasteiger partial charge in [-0.3, -0.25) is 24.0 Å². The summed E-state index contributed by atoms with van der Waals surface area (Å²) in [7, 11) is 0. The van der Waals surface area contributed by atoms with Gasteiger partial charge in [0.15, 0.2) is 31.1 Å². The van der Waals surface area contributed by atoms with Gasteiger partial charge in [-0.2, -0.15) is 25.5 Å². The van der Waals surface area contributed by atoms with Gasteiger partial charge in [0.25, 0.3) is 0 Å². The molecular weight excluding hydrogens is 2080 g/mol. The second-order valence-corrected chi connectivity index (χ2v) is 42.8. The lowest BCUT2D eigenvalue weighted by atomic mass is 9.77. The van der Waals surface area contributed by atoms with Crippen molar-refractivity contribution < 1.29 is 113 Å². The van der Waals surface area contributed by atoms with Gasteiger partial charge in [0, 0.05) is 108 Å². The zero-order valence-corrected chi connectivity index (χ0v) is 85.8. The number of nitrogens with two attached hydrogens (primary N) is 5. The van der Waals surface area contributed by atoms with Gasteiger partial charge in [-0.05, 0) is 296 Å². The van der Waals surface area contributed by atoms with Crippen LogP contribution < -0.4 is 47.6 Å². The number of carbonyl (C=O) groups excluding carboxylic acids is 5. The molecule has 10 atom stereocenters. The maximum absolute atomic E-state index is 14.5. The van der Waals surface area contributed by atoms with E-state index < -0.39 is 147 Å². The van der Waals surface area contributed by atoms with Crippen LogP contribution in [0.5, 0.6) is 23.0 Å². The van der Waals surface area contributed by atoms with Crippen molar-refractivity contribution in [1.29, 1.82) is 0 Å². The molecule has 24 nitrogen and oxygen atoms in total. The highest BCUT2D eigenvalue weighted by atomic mass is 32.2. The van der Waals surface area contributed by atoms with E-state index in [4.69, 9.17) is 47.6 Å². The van der Waals surface area contributed by atoms with Gasteiger partial charge in [-0.25, -0.2) is 95.3 Å². The standard InChI is InChI=1S/C21H19F4N3OS.4C21H20F3N3O2S/c1-11(29)28-21(30-20(27-28)15-9-14(22)4-5-17(15)23)13(6-7-26)3-2-12-8-18(24)19(25)10-16(12)21;4*1-11-7-15(23)9-17-19(11)29-10-13(5-6-25)21(17)27(12(2)28)26-20(30-21)16-8-14(22)3-4-18(16)24/h4-5,8-10,13H,2-3,6-7,26H2,1H3;4*3-4,7-9,13H,5-6,10,25H2,1-2H3/t3*13-,21+;2*13-,21-/m11010/s1. The van der Waals surface area contributed by atoms with Crippen LogP contribution in [0.2, 0.25) is 0 Å². The van der Waals surface area contributed by atoms with Crippen LogP contribution in [0.1, 0.15) is 157 Å². The molecular formula is C105H99F16N15O9S5. The highest BCUT2D eigenvalue weighted by molar-refractivity contribution is 8.16. The van der Waals surface area contributed by atoms with E-state index in [2.05, 4.69) is 25.5 Å². The molecule has 5 spiro atoms. The molecule has 9 heterocycles. The number of ether oxygens (including phenoxy) is 4. The topological polar surface area (TPSA) is 330 Å². The van der Waals surface area contributed by atoms with Crippen LogP contribution in [0, 0.1) is 150 Å². The van der Waals surface area contributed by atoms with E-state index in [0.717, 1.165) is 162 Å². The predicted octanol–water partition coefficient (Wildman–Crippen LogP) is 19.8. The first-order chi connectivity index (χ1) is 71.4. The second kappa shape index (κ2) is 44.4. The summed E-state index contributed by atoms with van der Waals surface area (Å²) in [5, 5.41) is 28.6. The molecule has 10 N–H and O–H groups in total. The van der Waals surface area contributed by atoms with Crippen molar-refractivity contribution in [3.05, 3.63) is 328 Å². The van der Waals surface area contributed by atoms with Crippen molar-refractivity contribution in [2.75, 3.05) is 59.2 Å². The Kier molecular flexibility index (Phi) is 32.7. The first-order valence-electron chi connectivity index (χ1n) is 47.3. The SMILES string of the molecule is CC(=O)N1N=C(c2cc(F)ccc2F)S[C@@]12c1cc(F)c(F)cc1CC[C@@H]2CCN.CC(=O)N1N=C(c2cc(F)ccc2F)S[C@@]12c1cc(F)cc(C)c1OC[C@@H]2CCN.CC(=O)N1N=C(c2cc(F)ccc2F)S[C@@]12c1cc(F)cc(C)c1OC[C@H]2CCN.CC(=O)N1N=C(c2cc(F)ccc2F)S[C@]12c1cc(F)cc(C)c1OC[C@@H]2CCN.CC(=O)N1N=C(c2cc(F)ccc2F)S[C@]12c1cc(F)cc(C)c1OC[C@H]2CCN. The number of halogens is 16. The number of aryl methyl sites for hydroxylation is 5. The molecule has 790 valence electrons. The third kappa shape index (κ3) is 20.3. The predicted molar refractivity (Wildman–Crippen MR) is 540 cm³/mol. The lowest BCUT2D eigenvalue weighted by Crippen LogP contribution is -2.51. The maximum Gasteiger partial charge on any atom is 0.241 e. The van der Waals surface area contributed by atoms with Gasteiger partial charge < -0.3 is 47.6 Å². The zero-order valence-electron chi connectivity index (χ0n) is 81.8. The largest absolute Gasteiger partial charge is 0.492 e. The molecule has 0 saturated heterocycles. The fraction of sp³-hybridized carbons (Fsp3) is 0.333. The molecule has 0 fully saturated rings. The number of thioether (sulfide) groups is 5. The molecule has 0 unspecified atom stereocenters. The monoisotopic (exact) mass is 2180 g/mol. The Hall–Kier alpha value is -12.5. The van der Waals surface area contributed by atoms with Crippen molar-refractivity contribution in [2.24, 2.45) is 83.8 Å². The lowest BCUT2D eigenvalue weighted by molar-refractivity contribution is -0.135. The fourth-order valence-corrected chi connectivity index (χ4v) is 28.4. The number of hydrogen-bond acceptors (Lipinski definition) is 24. The van der Waals surface area contributed by atoms with E-state index in [-0.39, 0.29) is 109 Å². The van der Waals surface area contributed by atoms with E-state index in [0.29, 0.717) is 156 Å². The Balaban J connectivity index is 0.000000133. The Morgan fingerprint density at radius 2 is 0.487 bits per heavy atom. The van der Waals surface area contributed by atoms with E-state index in [1.54, 1.807) is 27.7 Å². The smallest absolute Gasteiger partial charge is 0.241 e. The third-order valence-corrected chi connectivity index (χ3v) is 34.6. The Morgan fingerprint density at radius 1 is 0.280 bits per heavy atom. The number of hydrazone groups is 5. The fourth-order valence-electron chi connectivity index (χ4n) is 20.5. The Labute approximate surface area is 872 Å². The highest BCUT2D eigenvalue weighted by Gasteiger charge is 2.63. The minimum atomic E-state index is -1.22. The van der Waals surface area contributed by atoms with Gasteiger partial charge in [0.2, 0.25) is 29.5 Å². The first kappa shape index (κ1) is 110. The van der Waals surface area contributed by atoms with Crippen molar-refractivity contribution in [3.8, 4) is 23.0 Å². The molecule has 0 radical (unpaired) electrons. The summed E-state index contributed by atoms with van der Waals surface area (Å²) in [5.41, 5.74) is 33.7. The summed E-state index contributed by atoms with van der Waals surface area (Å²) in [5.74, 6) is -12.4. The third-order valence-electron chi connectivity index (χ3n) is 26.9. The molecule has 9 aliphatic heterocycles. The molecule has 10 aliphatic rings. The van der Waals surface area contributed by atoms with E-state index in [1.165, 1.54) is 108 Å². The van der Waals surface area contributed by atoms with Gasteiger partial charge in [-0.1, -0.05) is 58.8 Å². The van der Waals surface area contributed by atoms with Gasteiger partial charge in [0.05, 0.1) is 26.4 Å². The molecule has 45 heteroatoms. The highest BCUT2D eigenvalue weighted by Crippen LogP contribution is 2.65. The summed E-state index contributed by atoms with van der Waals surface area (Å²) in [6.45, 7) is 15.9. The number of hydrogen-bond donors (Lipinski definition) is 5. The van der Waals surface area contributed by atoms with Crippen LogP contribution in [0.25, 0.3) is 0 Å². The number of fused-ring (bicyclic) bond motifs is 10. The summed E-state index contributed by atoms with van der Waals surface area (Å²) in [6.07, 6.45) is 3.36. The van der Waals surface area contributed by atoms with Crippen LogP contribution in [0.15, 0.2) is 177 Å². The first-order valence-corrected chi connectivity index (χ1v) is 51.4. The average molecular weight is 2180 g/mol. The minimum absolute atomic E-state index is 0.0595. The van der Waals surface area contributed by atoms with Crippen LogP contribution in [0.4, 0.5) is 70.2 Å². The molecule has 5 amide bonds. The normalized spacial score (nSPS) is 22.7. The van der Waals surface area contributed by atoms with Gasteiger partial charge >= 0.3 is 0 Å². The quantitative estimate of drug-likeness (QED) is 0.0595. The van der Waals surface area contributed by atoms with Gasteiger partial charge in [-0.15, -0.1) is 0 Å². The summed E-state index contributed by atoms with van der Waals surface area (Å²) < 4.78 is 251. The van der Waals surface area contributed by atoms with Crippen LogP contribution in [0.3, 0.4) is 0 Å². The zero-order chi connectivity index (χ0) is 108. The summed E-state index contributed by atoms with van der Waals surface area (Å²) in [6, 6.07) is 28.1. The molecule has 20 rings (SSSR count). The van der Waals surface area contributed by atoms with Crippen molar-refractivity contribution in [2.45, 2.75) is 132 Å². The van der Waals surface area contributed by atoms with E-state index in [9.17, 15) is 94.2 Å². The number of nitrogens with zero attached hydrogens (tertiary/aromatic N) is 10. The van der Waals surface area contributed by atoms with Crippen molar-refractivity contribution >= 4 is 114 Å². The van der Waals surface area contributed by atoms with Crippen LogP contribution >= 0.6 is 58.8 Å². The molecule has 150 heavy (non-hydrogen) atoms. The van der Waals surface area contributed by atoms with Crippen molar-refractivity contribution in [1.82, 2.24) is 25.0 Å². The molecule has 0 saturated carbocycles. The molecule has 10 aromatic rings. The molecule has 0 aromatic heterocycles. The van der Waals surface area contributed by atoms with Gasteiger partial charge in [0.1, 0.15) is 135 Å². The minimum Gasteiger partial charge on any atom is -0.492 e. The summed E-state index contributed by atoms with van der Waals surface area (Å²) in [4.78, 5) is 57.3. The van der Waals surface area contributed by atoms with E-state index >= 15 is 0 Å². The maximum atomic E-state index is 14.5. The Morgan fingerprint density at radius 3 is 0.700 bits per heavy atom. The number of benzene rings is 10. The molecule has 0 bridgehead atoms.